The summed E-state index contributed by atoms with van der Waals surface area (Å²) in [7, 11) is 0. The van der Waals surface area contributed by atoms with Crippen LogP contribution in [0.5, 0.6) is 0 Å². The van der Waals surface area contributed by atoms with Gasteiger partial charge in [0.1, 0.15) is 6.17 Å². The van der Waals surface area contributed by atoms with E-state index in [1.54, 1.807) is 11.8 Å². The lowest BCUT2D eigenvalue weighted by atomic mass is 10.1. The summed E-state index contributed by atoms with van der Waals surface area (Å²) in [4.78, 5) is 14.6. The van der Waals surface area contributed by atoms with E-state index in [4.69, 9.17) is 0 Å². The molecule has 3 atom stereocenters. The molecule has 0 saturated carbocycles. The number of hydrogen-bond donors (Lipinski definition) is 1. The first kappa shape index (κ1) is 15.4. The molecule has 0 bridgehead atoms. The van der Waals surface area contributed by atoms with Crippen LogP contribution in [0, 0.1) is 6.92 Å². The Morgan fingerprint density at radius 1 is 1.45 bits per heavy atom. The number of thioether (sulfide) groups is 1. The second-order valence-electron chi connectivity index (χ2n) is 5.49. The highest BCUT2D eigenvalue weighted by atomic mass is 32.2. The minimum absolute atomic E-state index is 0.00880. The molecule has 1 aromatic rings. The van der Waals surface area contributed by atoms with E-state index in [1.807, 2.05) is 4.90 Å². The molecule has 1 amide bonds. The van der Waals surface area contributed by atoms with Crippen molar-refractivity contribution in [3.8, 4) is 0 Å². The molecule has 3 unspecified atom stereocenters. The van der Waals surface area contributed by atoms with Gasteiger partial charge in [-0.1, -0.05) is 36.8 Å². The van der Waals surface area contributed by atoms with Gasteiger partial charge in [-0.05, 0) is 32.1 Å². The van der Waals surface area contributed by atoms with Crippen LogP contribution in [0.1, 0.15) is 37.6 Å². The largest absolute Gasteiger partial charge is 0.318 e. The SMILES string of the molecule is CCC1NC(c2cccc(C)c2)N(C(C)CSC)C1=O. The summed E-state index contributed by atoms with van der Waals surface area (Å²) in [5, 5.41) is 3.49. The zero-order valence-electron chi connectivity index (χ0n) is 12.7. The quantitative estimate of drug-likeness (QED) is 0.905. The van der Waals surface area contributed by atoms with Crippen molar-refractivity contribution >= 4 is 17.7 Å². The topological polar surface area (TPSA) is 32.3 Å². The summed E-state index contributed by atoms with van der Waals surface area (Å²) in [5.41, 5.74) is 2.41. The molecule has 1 fully saturated rings. The summed E-state index contributed by atoms with van der Waals surface area (Å²) in [5.74, 6) is 1.20. The zero-order chi connectivity index (χ0) is 14.7. The first-order valence-corrected chi connectivity index (χ1v) is 8.61. The Morgan fingerprint density at radius 3 is 2.80 bits per heavy atom. The minimum Gasteiger partial charge on any atom is -0.318 e. The van der Waals surface area contributed by atoms with E-state index in [0.29, 0.717) is 0 Å². The van der Waals surface area contributed by atoms with Crippen molar-refractivity contribution in [2.75, 3.05) is 12.0 Å². The standard InChI is InChI=1S/C16H24N2OS/c1-5-14-16(19)18(12(3)10-20-4)15(17-14)13-8-6-7-11(2)9-13/h6-9,12,14-15,17H,5,10H2,1-4H3. The number of nitrogens with zero attached hydrogens (tertiary/aromatic N) is 1. The highest BCUT2D eigenvalue weighted by Crippen LogP contribution is 2.29. The number of carbonyl (C=O) groups excluding carboxylic acids is 1. The average molecular weight is 292 g/mol. The molecule has 0 radical (unpaired) electrons. The monoisotopic (exact) mass is 292 g/mol. The third-order valence-electron chi connectivity index (χ3n) is 3.84. The number of nitrogens with one attached hydrogen (secondary N) is 1. The Labute approximate surface area is 126 Å². The van der Waals surface area contributed by atoms with E-state index < -0.39 is 0 Å². The van der Waals surface area contributed by atoms with Crippen molar-refractivity contribution in [1.29, 1.82) is 0 Å². The summed E-state index contributed by atoms with van der Waals surface area (Å²) < 4.78 is 0. The first-order chi connectivity index (χ1) is 9.58. The zero-order valence-corrected chi connectivity index (χ0v) is 13.5. The molecule has 0 aliphatic carbocycles. The minimum atomic E-state index is -0.0511. The molecule has 3 nitrogen and oxygen atoms in total. The molecular formula is C16H24N2OS. The Hall–Kier alpha value is -1.00. The van der Waals surface area contributed by atoms with Crippen LogP contribution in [-0.2, 0) is 4.79 Å². The fourth-order valence-electron chi connectivity index (χ4n) is 2.83. The molecule has 2 rings (SSSR count). The molecule has 20 heavy (non-hydrogen) atoms. The van der Waals surface area contributed by atoms with Gasteiger partial charge < -0.3 is 4.90 Å². The number of rotatable bonds is 5. The number of aryl methyl sites for hydroxylation is 1. The van der Waals surface area contributed by atoms with Crippen molar-refractivity contribution in [3.63, 3.8) is 0 Å². The fourth-order valence-corrected chi connectivity index (χ4v) is 3.48. The molecule has 1 heterocycles. The lowest BCUT2D eigenvalue weighted by molar-refractivity contribution is -0.131. The maximum atomic E-state index is 12.6. The van der Waals surface area contributed by atoms with E-state index in [-0.39, 0.29) is 24.2 Å². The van der Waals surface area contributed by atoms with Gasteiger partial charge in [0.05, 0.1) is 6.04 Å². The van der Waals surface area contributed by atoms with Gasteiger partial charge >= 0.3 is 0 Å². The van der Waals surface area contributed by atoms with Gasteiger partial charge in [0.15, 0.2) is 0 Å². The summed E-state index contributed by atoms with van der Waals surface area (Å²) in [6, 6.07) is 8.62. The molecule has 0 spiro atoms. The van der Waals surface area contributed by atoms with E-state index in [0.717, 1.165) is 12.2 Å². The molecule has 4 heteroatoms. The smallest absolute Gasteiger partial charge is 0.241 e. The normalized spacial score (nSPS) is 24.2. The van der Waals surface area contributed by atoms with Crippen LogP contribution >= 0.6 is 11.8 Å². The number of benzene rings is 1. The van der Waals surface area contributed by atoms with Crippen molar-refractivity contribution in [2.45, 2.75) is 45.4 Å². The van der Waals surface area contributed by atoms with Crippen molar-refractivity contribution < 1.29 is 4.79 Å². The molecular weight excluding hydrogens is 268 g/mol. The summed E-state index contributed by atoms with van der Waals surface area (Å²) >= 11 is 1.79. The molecule has 1 saturated heterocycles. The van der Waals surface area contributed by atoms with Gasteiger partial charge in [-0.15, -0.1) is 0 Å². The van der Waals surface area contributed by atoms with Crippen LogP contribution in [0.25, 0.3) is 0 Å². The van der Waals surface area contributed by atoms with Crippen LogP contribution in [-0.4, -0.2) is 34.9 Å². The Morgan fingerprint density at radius 2 is 2.20 bits per heavy atom. The third kappa shape index (κ3) is 3.01. The van der Waals surface area contributed by atoms with Crippen molar-refractivity contribution in [3.05, 3.63) is 35.4 Å². The van der Waals surface area contributed by atoms with Gasteiger partial charge in [0.2, 0.25) is 5.91 Å². The average Bonchev–Trinajstić information content (AvgIpc) is 2.76. The van der Waals surface area contributed by atoms with Gasteiger partial charge in [0, 0.05) is 11.8 Å². The molecule has 1 N–H and O–H groups in total. The van der Waals surface area contributed by atoms with Crippen LogP contribution in [0.4, 0.5) is 0 Å². The third-order valence-corrected chi connectivity index (χ3v) is 4.65. The van der Waals surface area contributed by atoms with Gasteiger partial charge in [-0.3, -0.25) is 10.1 Å². The van der Waals surface area contributed by atoms with Crippen LogP contribution in [0.2, 0.25) is 0 Å². The lowest BCUT2D eigenvalue weighted by Crippen LogP contribution is -2.39. The first-order valence-electron chi connectivity index (χ1n) is 7.22. The summed E-state index contributed by atoms with van der Waals surface area (Å²) in [6.07, 6.45) is 2.93. The van der Waals surface area contributed by atoms with Gasteiger partial charge in [-0.2, -0.15) is 11.8 Å². The molecule has 1 aliphatic rings. The molecule has 1 aliphatic heterocycles. The Bertz CT molecular complexity index is 477. The fraction of sp³-hybridized carbons (Fsp3) is 0.562. The van der Waals surface area contributed by atoms with Crippen LogP contribution in [0.15, 0.2) is 24.3 Å². The highest BCUT2D eigenvalue weighted by molar-refractivity contribution is 7.98. The van der Waals surface area contributed by atoms with E-state index >= 15 is 0 Å². The molecule has 0 aromatic heterocycles. The predicted octanol–water partition coefficient (Wildman–Crippen LogP) is 2.96. The van der Waals surface area contributed by atoms with Gasteiger partial charge in [0.25, 0.3) is 0 Å². The number of amides is 1. The van der Waals surface area contributed by atoms with E-state index in [9.17, 15) is 4.79 Å². The number of carbonyl (C=O) groups is 1. The van der Waals surface area contributed by atoms with Crippen molar-refractivity contribution in [1.82, 2.24) is 10.2 Å². The maximum Gasteiger partial charge on any atom is 0.241 e. The second-order valence-corrected chi connectivity index (χ2v) is 6.40. The Balaban J connectivity index is 2.31. The lowest BCUT2D eigenvalue weighted by Gasteiger charge is -2.30. The second kappa shape index (κ2) is 6.64. The van der Waals surface area contributed by atoms with Crippen LogP contribution in [0.3, 0.4) is 0 Å². The van der Waals surface area contributed by atoms with E-state index in [2.05, 4.69) is 56.6 Å². The van der Waals surface area contributed by atoms with E-state index in [1.165, 1.54) is 11.1 Å². The summed E-state index contributed by atoms with van der Waals surface area (Å²) in [6.45, 7) is 6.29. The number of hydrogen-bond acceptors (Lipinski definition) is 3. The predicted molar refractivity (Wildman–Crippen MR) is 85.8 cm³/mol. The Kier molecular flexibility index (Phi) is 5.11. The molecule has 110 valence electrons. The van der Waals surface area contributed by atoms with Crippen molar-refractivity contribution in [2.24, 2.45) is 0 Å². The van der Waals surface area contributed by atoms with Gasteiger partial charge in [-0.25, -0.2) is 0 Å². The highest BCUT2D eigenvalue weighted by Gasteiger charge is 2.40. The van der Waals surface area contributed by atoms with Crippen LogP contribution < -0.4 is 5.32 Å². The molecule has 1 aromatic carbocycles. The maximum absolute atomic E-state index is 12.6.